The standard InChI is InChI=1S/C14H17N3OS2/c1-10-12(20-14(19)16-10)9-13(18)17(2)8-6-11-5-3-4-7-15-11/h3-5,7H,6,8-9H2,1-2H3,(H,16,19). The Morgan fingerprint density at radius 3 is 2.90 bits per heavy atom. The van der Waals surface area contributed by atoms with E-state index in [1.54, 1.807) is 11.1 Å². The Hall–Kier alpha value is -1.53. The number of carbonyl (C=O) groups excluding carboxylic acids is 1. The molecule has 1 amide bonds. The van der Waals surface area contributed by atoms with Gasteiger partial charge >= 0.3 is 0 Å². The van der Waals surface area contributed by atoms with Crippen molar-refractivity contribution in [3.63, 3.8) is 0 Å². The minimum atomic E-state index is 0.106. The van der Waals surface area contributed by atoms with Crippen LogP contribution in [0.3, 0.4) is 0 Å². The molecule has 6 heteroatoms. The highest BCUT2D eigenvalue weighted by atomic mass is 32.1. The molecule has 0 bridgehead atoms. The Morgan fingerprint density at radius 1 is 1.50 bits per heavy atom. The number of nitrogens with one attached hydrogen (secondary N) is 1. The fourth-order valence-electron chi connectivity index (χ4n) is 1.83. The van der Waals surface area contributed by atoms with E-state index in [0.717, 1.165) is 26.6 Å². The summed E-state index contributed by atoms with van der Waals surface area (Å²) in [5.41, 5.74) is 1.99. The molecular weight excluding hydrogens is 290 g/mol. The highest BCUT2D eigenvalue weighted by molar-refractivity contribution is 7.73. The first kappa shape index (κ1) is 14.9. The Kier molecular flexibility index (Phi) is 5.03. The van der Waals surface area contributed by atoms with Crippen molar-refractivity contribution in [1.82, 2.24) is 14.9 Å². The molecule has 0 saturated carbocycles. The van der Waals surface area contributed by atoms with Crippen LogP contribution in [0.1, 0.15) is 16.3 Å². The molecule has 0 spiro atoms. The van der Waals surface area contributed by atoms with Gasteiger partial charge in [0.1, 0.15) is 0 Å². The number of aromatic nitrogens is 2. The first-order valence-electron chi connectivity index (χ1n) is 6.38. The van der Waals surface area contributed by atoms with Crippen LogP contribution in [0.5, 0.6) is 0 Å². The lowest BCUT2D eigenvalue weighted by Crippen LogP contribution is -2.30. The number of nitrogens with zero attached hydrogens (tertiary/aromatic N) is 2. The van der Waals surface area contributed by atoms with Gasteiger partial charge in [-0.05, 0) is 31.3 Å². The fraction of sp³-hybridized carbons (Fsp3) is 0.357. The summed E-state index contributed by atoms with van der Waals surface area (Å²) in [5, 5.41) is 0. The molecule has 0 saturated heterocycles. The number of aryl methyl sites for hydroxylation is 1. The van der Waals surface area contributed by atoms with Crippen LogP contribution in [0.25, 0.3) is 0 Å². The highest BCUT2D eigenvalue weighted by Gasteiger charge is 2.13. The molecule has 20 heavy (non-hydrogen) atoms. The summed E-state index contributed by atoms with van der Waals surface area (Å²) in [5.74, 6) is 0.106. The van der Waals surface area contributed by atoms with E-state index in [1.807, 2.05) is 32.2 Å². The second kappa shape index (κ2) is 6.76. The minimum Gasteiger partial charge on any atom is -0.345 e. The molecule has 0 aliphatic heterocycles. The van der Waals surface area contributed by atoms with Crippen LogP contribution < -0.4 is 0 Å². The van der Waals surface area contributed by atoms with E-state index in [0.29, 0.717) is 13.0 Å². The second-order valence-electron chi connectivity index (χ2n) is 4.63. The van der Waals surface area contributed by atoms with E-state index in [9.17, 15) is 4.79 Å². The summed E-state index contributed by atoms with van der Waals surface area (Å²) in [6, 6.07) is 5.82. The average Bonchev–Trinajstić information content (AvgIpc) is 2.75. The fourth-order valence-corrected chi connectivity index (χ4v) is 3.11. The molecule has 106 valence electrons. The average molecular weight is 307 g/mol. The van der Waals surface area contributed by atoms with Gasteiger partial charge in [-0.3, -0.25) is 9.78 Å². The number of likely N-dealkylation sites (N-methyl/N-ethyl adjacent to an activating group) is 1. The zero-order valence-electron chi connectivity index (χ0n) is 11.5. The molecule has 2 aromatic rings. The van der Waals surface area contributed by atoms with Crippen molar-refractivity contribution in [2.45, 2.75) is 19.8 Å². The first-order chi connectivity index (χ1) is 9.56. The number of carbonyl (C=O) groups is 1. The number of pyridine rings is 1. The van der Waals surface area contributed by atoms with E-state index < -0.39 is 0 Å². The van der Waals surface area contributed by atoms with Gasteiger partial charge in [0.05, 0.1) is 6.42 Å². The summed E-state index contributed by atoms with van der Waals surface area (Å²) in [6.07, 6.45) is 2.94. The van der Waals surface area contributed by atoms with E-state index in [-0.39, 0.29) is 5.91 Å². The first-order valence-corrected chi connectivity index (χ1v) is 7.61. The van der Waals surface area contributed by atoms with Crippen molar-refractivity contribution in [3.05, 3.63) is 44.6 Å². The summed E-state index contributed by atoms with van der Waals surface area (Å²) in [7, 11) is 1.83. The third kappa shape index (κ3) is 3.98. The molecule has 4 nitrogen and oxygen atoms in total. The molecule has 2 rings (SSSR count). The van der Waals surface area contributed by atoms with Crippen LogP contribution in [0, 0.1) is 10.9 Å². The lowest BCUT2D eigenvalue weighted by atomic mass is 10.2. The highest BCUT2D eigenvalue weighted by Crippen LogP contribution is 2.15. The Balaban J connectivity index is 1.89. The zero-order chi connectivity index (χ0) is 14.5. The number of H-pyrrole nitrogens is 1. The van der Waals surface area contributed by atoms with Gasteiger partial charge in [-0.2, -0.15) is 0 Å². The number of thiazole rings is 1. The van der Waals surface area contributed by atoms with Crippen LogP contribution in [-0.2, 0) is 17.6 Å². The Labute approximate surface area is 127 Å². The van der Waals surface area contributed by atoms with Crippen molar-refractivity contribution in [2.75, 3.05) is 13.6 Å². The maximum atomic E-state index is 12.2. The summed E-state index contributed by atoms with van der Waals surface area (Å²) in [6.45, 7) is 2.62. The summed E-state index contributed by atoms with van der Waals surface area (Å²) < 4.78 is 0.724. The van der Waals surface area contributed by atoms with Gasteiger partial charge in [0.25, 0.3) is 0 Å². The van der Waals surface area contributed by atoms with Crippen molar-refractivity contribution >= 4 is 29.5 Å². The van der Waals surface area contributed by atoms with E-state index in [2.05, 4.69) is 9.97 Å². The van der Waals surface area contributed by atoms with Crippen LogP contribution >= 0.6 is 23.6 Å². The normalized spacial score (nSPS) is 10.5. The number of hydrogen-bond acceptors (Lipinski definition) is 4. The molecule has 0 aliphatic carbocycles. The molecule has 1 N–H and O–H groups in total. The molecule has 2 aromatic heterocycles. The topological polar surface area (TPSA) is 49.0 Å². The number of rotatable bonds is 5. The van der Waals surface area contributed by atoms with E-state index in [4.69, 9.17) is 12.2 Å². The Morgan fingerprint density at radius 2 is 2.30 bits per heavy atom. The van der Waals surface area contributed by atoms with Crippen LogP contribution in [0.4, 0.5) is 0 Å². The quantitative estimate of drug-likeness (QED) is 0.864. The van der Waals surface area contributed by atoms with Crippen molar-refractivity contribution in [2.24, 2.45) is 0 Å². The molecular formula is C14H17N3OS2. The largest absolute Gasteiger partial charge is 0.345 e. The molecule has 2 heterocycles. The minimum absolute atomic E-state index is 0.106. The van der Waals surface area contributed by atoms with Gasteiger partial charge in [0.2, 0.25) is 5.91 Å². The molecule has 0 unspecified atom stereocenters. The molecule has 0 aromatic carbocycles. The van der Waals surface area contributed by atoms with Crippen LogP contribution in [-0.4, -0.2) is 34.4 Å². The third-order valence-corrected chi connectivity index (χ3v) is 4.43. The predicted molar refractivity (Wildman–Crippen MR) is 83.5 cm³/mol. The molecule has 0 radical (unpaired) electrons. The third-order valence-electron chi connectivity index (χ3n) is 3.09. The second-order valence-corrected chi connectivity index (χ2v) is 6.40. The maximum absolute atomic E-state index is 12.2. The Bertz CT molecular complexity index is 633. The van der Waals surface area contributed by atoms with Gasteiger partial charge in [-0.1, -0.05) is 6.07 Å². The number of aromatic amines is 1. The lowest BCUT2D eigenvalue weighted by molar-refractivity contribution is -0.129. The van der Waals surface area contributed by atoms with Gasteiger partial charge in [0.15, 0.2) is 3.95 Å². The van der Waals surface area contributed by atoms with Gasteiger partial charge in [-0.15, -0.1) is 11.3 Å². The van der Waals surface area contributed by atoms with Crippen molar-refractivity contribution in [3.8, 4) is 0 Å². The molecule has 0 atom stereocenters. The lowest BCUT2D eigenvalue weighted by Gasteiger charge is -2.16. The number of amides is 1. The van der Waals surface area contributed by atoms with Crippen molar-refractivity contribution < 1.29 is 4.79 Å². The molecule has 0 fully saturated rings. The number of hydrogen-bond donors (Lipinski definition) is 1. The van der Waals surface area contributed by atoms with E-state index in [1.165, 1.54) is 11.3 Å². The van der Waals surface area contributed by atoms with Crippen molar-refractivity contribution in [1.29, 1.82) is 0 Å². The SMILES string of the molecule is Cc1[nH]c(=S)sc1CC(=O)N(C)CCc1ccccn1. The predicted octanol–water partition coefficient (Wildman–Crippen LogP) is 2.75. The molecule has 0 aliphatic rings. The maximum Gasteiger partial charge on any atom is 0.227 e. The monoisotopic (exact) mass is 307 g/mol. The van der Waals surface area contributed by atoms with Crippen LogP contribution in [0.2, 0.25) is 0 Å². The van der Waals surface area contributed by atoms with Gasteiger partial charge < -0.3 is 9.88 Å². The summed E-state index contributed by atoms with van der Waals surface area (Å²) in [4.78, 5) is 22.2. The smallest absolute Gasteiger partial charge is 0.227 e. The van der Waals surface area contributed by atoms with Gasteiger partial charge in [-0.25, -0.2) is 0 Å². The van der Waals surface area contributed by atoms with Gasteiger partial charge in [0, 0.05) is 42.5 Å². The summed E-state index contributed by atoms with van der Waals surface area (Å²) >= 11 is 6.56. The van der Waals surface area contributed by atoms with Crippen LogP contribution in [0.15, 0.2) is 24.4 Å². The zero-order valence-corrected chi connectivity index (χ0v) is 13.2. The van der Waals surface area contributed by atoms with E-state index >= 15 is 0 Å².